The molecule has 2 aliphatic rings. The second kappa shape index (κ2) is 6.50. The van der Waals surface area contributed by atoms with Crippen molar-refractivity contribution >= 4 is 6.03 Å². The Bertz CT molecular complexity index is 470. The number of amides is 2. The number of nitrogens with zero attached hydrogens (tertiary/aromatic N) is 1. The number of benzene rings is 1. The van der Waals surface area contributed by atoms with Crippen LogP contribution in [0.2, 0.25) is 0 Å². The largest absolute Gasteiger partial charge is 0.335 e. The van der Waals surface area contributed by atoms with E-state index in [9.17, 15) is 4.79 Å². The molecule has 1 saturated carbocycles. The first-order valence-corrected chi connectivity index (χ1v) is 8.32. The summed E-state index contributed by atoms with van der Waals surface area (Å²) in [5.41, 5.74) is 2.77. The van der Waals surface area contributed by atoms with E-state index in [4.69, 9.17) is 0 Å². The van der Waals surface area contributed by atoms with Gasteiger partial charge in [-0.15, -0.1) is 0 Å². The van der Waals surface area contributed by atoms with E-state index in [2.05, 4.69) is 36.5 Å². The second-order valence-electron chi connectivity index (χ2n) is 6.68. The first-order valence-electron chi connectivity index (χ1n) is 8.32. The third-order valence-corrected chi connectivity index (χ3v) is 4.77. The van der Waals surface area contributed by atoms with Crippen LogP contribution in [0.4, 0.5) is 4.79 Å². The highest BCUT2D eigenvalue weighted by Crippen LogP contribution is 2.24. The molecular formula is C18H26N2O. The highest BCUT2D eigenvalue weighted by Gasteiger charge is 2.28. The number of rotatable bonds is 4. The van der Waals surface area contributed by atoms with E-state index in [1.165, 1.54) is 36.8 Å². The molecule has 1 N–H and O–H groups in total. The molecule has 1 aliphatic heterocycles. The minimum atomic E-state index is 0.162. The number of likely N-dealkylation sites (tertiary alicyclic amines) is 1. The van der Waals surface area contributed by atoms with Gasteiger partial charge in [-0.1, -0.05) is 29.8 Å². The van der Waals surface area contributed by atoms with Crippen molar-refractivity contribution in [2.75, 3.05) is 13.1 Å². The summed E-state index contributed by atoms with van der Waals surface area (Å²) in [6.45, 7) is 3.99. The van der Waals surface area contributed by atoms with Crippen LogP contribution in [0.5, 0.6) is 0 Å². The summed E-state index contributed by atoms with van der Waals surface area (Å²) in [4.78, 5) is 14.0. The van der Waals surface area contributed by atoms with Crippen molar-refractivity contribution < 1.29 is 4.79 Å². The van der Waals surface area contributed by atoms with Gasteiger partial charge < -0.3 is 10.2 Å². The SMILES string of the molecule is Cc1ccc(CCC2CCN(C(=O)NC3CC3)CC2)cc1. The van der Waals surface area contributed by atoms with Crippen LogP contribution in [0.1, 0.15) is 43.2 Å². The maximum Gasteiger partial charge on any atom is 0.317 e. The summed E-state index contributed by atoms with van der Waals surface area (Å²) in [7, 11) is 0. The lowest BCUT2D eigenvalue weighted by Gasteiger charge is -2.32. The number of piperidine rings is 1. The predicted octanol–water partition coefficient (Wildman–Crippen LogP) is 3.51. The fourth-order valence-corrected chi connectivity index (χ4v) is 3.04. The van der Waals surface area contributed by atoms with Gasteiger partial charge in [0.15, 0.2) is 0 Å². The van der Waals surface area contributed by atoms with Crippen LogP contribution >= 0.6 is 0 Å². The molecule has 3 heteroatoms. The Morgan fingerprint density at radius 3 is 2.43 bits per heavy atom. The van der Waals surface area contributed by atoms with Gasteiger partial charge in [0.1, 0.15) is 0 Å². The van der Waals surface area contributed by atoms with E-state index in [1.807, 2.05) is 4.90 Å². The topological polar surface area (TPSA) is 32.3 Å². The first-order chi connectivity index (χ1) is 10.2. The molecule has 1 aromatic carbocycles. The van der Waals surface area contributed by atoms with Gasteiger partial charge in [0, 0.05) is 19.1 Å². The van der Waals surface area contributed by atoms with Gasteiger partial charge in [-0.25, -0.2) is 4.79 Å². The van der Waals surface area contributed by atoms with Crippen LogP contribution < -0.4 is 5.32 Å². The Morgan fingerprint density at radius 2 is 1.81 bits per heavy atom. The fourth-order valence-electron chi connectivity index (χ4n) is 3.04. The molecule has 2 amide bonds. The molecule has 21 heavy (non-hydrogen) atoms. The molecule has 2 fully saturated rings. The molecule has 0 aromatic heterocycles. The Kier molecular flexibility index (Phi) is 4.47. The third-order valence-electron chi connectivity index (χ3n) is 4.77. The third kappa shape index (κ3) is 4.23. The molecule has 3 rings (SSSR count). The van der Waals surface area contributed by atoms with Gasteiger partial charge in [-0.2, -0.15) is 0 Å². The number of carbonyl (C=O) groups is 1. The maximum atomic E-state index is 12.0. The standard InChI is InChI=1S/C18H26N2O/c1-14-2-4-15(5-3-14)6-7-16-10-12-20(13-11-16)18(21)19-17-8-9-17/h2-5,16-17H,6-13H2,1H3,(H,19,21). The summed E-state index contributed by atoms with van der Waals surface area (Å²) in [5, 5.41) is 3.09. The summed E-state index contributed by atoms with van der Waals surface area (Å²) >= 11 is 0. The average Bonchev–Trinajstić information content (AvgIpc) is 3.31. The molecule has 0 spiro atoms. The second-order valence-corrected chi connectivity index (χ2v) is 6.68. The van der Waals surface area contributed by atoms with E-state index >= 15 is 0 Å². The van der Waals surface area contributed by atoms with Crippen molar-refractivity contribution in [2.24, 2.45) is 5.92 Å². The summed E-state index contributed by atoms with van der Waals surface area (Å²) in [6, 6.07) is 9.51. The zero-order valence-corrected chi connectivity index (χ0v) is 13.0. The first kappa shape index (κ1) is 14.4. The van der Waals surface area contributed by atoms with Gasteiger partial charge in [0.2, 0.25) is 0 Å². The molecular weight excluding hydrogens is 260 g/mol. The van der Waals surface area contributed by atoms with Gasteiger partial charge in [0.25, 0.3) is 0 Å². The van der Waals surface area contributed by atoms with Crippen LogP contribution in [-0.2, 0) is 6.42 Å². The number of urea groups is 1. The predicted molar refractivity (Wildman–Crippen MR) is 85.4 cm³/mol. The minimum Gasteiger partial charge on any atom is -0.335 e. The molecule has 0 radical (unpaired) electrons. The highest BCUT2D eigenvalue weighted by atomic mass is 16.2. The smallest absolute Gasteiger partial charge is 0.317 e. The van der Waals surface area contributed by atoms with Crippen molar-refractivity contribution in [3.63, 3.8) is 0 Å². The summed E-state index contributed by atoms with van der Waals surface area (Å²) in [5.74, 6) is 0.774. The quantitative estimate of drug-likeness (QED) is 0.902. The maximum absolute atomic E-state index is 12.0. The lowest BCUT2D eigenvalue weighted by Crippen LogP contribution is -2.45. The fraction of sp³-hybridized carbons (Fsp3) is 0.611. The van der Waals surface area contributed by atoms with Crippen molar-refractivity contribution in [1.29, 1.82) is 0 Å². The van der Waals surface area contributed by atoms with Crippen LogP contribution in [0.3, 0.4) is 0 Å². The molecule has 0 atom stereocenters. The molecule has 1 aromatic rings. The van der Waals surface area contributed by atoms with Crippen molar-refractivity contribution in [3.8, 4) is 0 Å². The monoisotopic (exact) mass is 286 g/mol. The average molecular weight is 286 g/mol. The molecule has 1 heterocycles. The van der Waals surface area contributed by atoms with Gasteiger partial charge in [-0.3, -0.25) is 0 Å². The van der Waals surface area contributed by atoms with Crippen LogP contribution in [0, 0.1) is 12.8 Å². The number of nitrogens with one attached hydrogen (secondary N) is 1. The number of hydrogen-bond acceptors (Lipinski definition) is 1. The molecule has 1 aliphatic carbocycles. The highest BCUT2D eigenvalue weighted by molar-refractivity contribution is 5.74. The van der Waals surface area contributed by atoms with E-state index in [1.54, 1.807) is 0 Å². The van der Waals surface area contributed by atoms with Crippen molar-refractivity contribution in [1.82, 2.24) is 10.2 Å². The Balaban J connectivity index is 1.39. The number of hydrogen-bond donors (Lipinski definition) is 1. The lowest BCUT2D eigenvalue weighted by atomic mass is 9.90. The van der Waals surface area contributed by atoms with Gasteiger partial charge in [-0.05, 0) is 56.9 Å². The van der Waals surface area contributed by atoms with Crippen LogP contribution in [0.15, 0.2) is 24.3 Å². The van der Waals surface area contributed by atoms with E-state index in [0.29, 0.717) is 6.04 Å². The molecule has 1 saturated heterocycles. The zero-order valence-electron chi connectivity index (χ0n) is 13.0. The molecule has 0 bridgehead atoms. The van der Waals surface area contributed by atoms with Crippen LogP contribution in [0.25, 0.3) is 0 Å². The van der Waals surface area contributed by atoms with Gasteiger partial charge in [0.05, 0.1) is 0 Å². The molecule has 114 valence electrons. The van der Waals surface area contributed by atoms with Crippen molar-refractivity contribution in [3.05, 3.63) is 35.4 Å². The number of aryl methyl sites for hydroxylation is 2. The van der Waals surface area contributed by atoms with Gasteiger partial charge >= 0.3 is 6.03 Å². The molecule has 0 unspecified atom stereocenters. The lowest BCUT2D eigenvalue weighted by molar-refractivity contribution is 0.168. The van der Waals surface area contributed by atoms with E-state index in [0.717, 1.165) is 31.8 Å². The Morgan fingerprint density at radius 1 is 1.14 bits per heavy atom. The zero-order chi connectivity index (χ0) is 14.7. The normalized spacial score (nSPS) is 19.6. The summed E-state index contributed by atoms with van der Waals surface area (Å²) < 4.78 is 0. The Hall–Kier alpha value is -1.51. The minimum absolute atomic E-state index is 0.162. The van der Waals surface area contributed by atoms with E-state index < -0.39 is 0 Å². The van der Waals surface area contributed by atoms with E-state index in [-0.39, 0.29) is 6.03 Å². The Labute approximate surface area is 127 Å². The van der Waals surface area contributed by atoms with Crippen molar-refractivity contribution in [2.45, 2.75) is 51.5 Å². The number of carbonyl (C=O) groups excluding carboxylic acids is 1. The molecule has 3 nitrogen and oxygen atoms in total. The summed E-state index contributed by atoms with van der Waals surface area (Å²) in [6.07, 6.45) is 7.06. The van der Waals surface area contributed by atoms with Crippen LogP contribution in [-0.4, -0.2) is 30.1 Å².